The molecular weight excluding hydrogens is 570 g/mol. The van der Waals surface area contributed by atoms with Crippen LogP contribution in [0.4, 0.5) is 26.3 Å². The number of nitrogens with one attached hydrogen (secondary N) is 1. The number of benzene rings is 2. The molecule has 1 N–H and O–H groups in total. The molecule has 1 aliphatic heterocycles. The summed E-state index contributed by atoms with van der Waals surface area (Å²) in [5.41, 5.74) is 0.511. The topological polar surface area (TPSA) is 48.5 Å². The van der Waals surface area contributed by atoms with Crippen LogP contribution in [0.25, 0.3) is 0 Å². The van der Waals surface area contributed by atoms with Crippen LogP contribution in [0.1, 0.15) is 43.7 Å². The summed E-state index contributed by atoms with van der Waals surface area (Å²) < 4.78 is 81.0. The fraction of sp³-hybridized carbons (Fsp3) is 0.375. The summed E-state index contributed by atoms with van der Waals surface area (Å²) in [6.07, 6.45) is -2.17. The Bertz CT molecular complexity index is 1390. The van der Waals surface area contributed by atoms with E-state index in [9.17, 15) is 31.1 Å². The summed E-state index contributed by atoms with van der Waals surface area (Å²) in [7, 11) is 0. The zero-order chi connectivity index (χ0) is 31.2. The molecule has 0 bridgehead atoms. The van der Waals surface area contributed by atoms with Crippen LogP contribution in [0.3, 0.4) is 0 Å². The number of piperazine rings is 1. The lowest BCUT2D eigenvalue weighted by molar-refractivity contribution is -0.143. The van der Waals surface area contributed by atoms with Gasteiger partial charge in [0.1, 0.15) is 0 Å². The van der Waals surface area contributed by atoms with Crippen LogP contribution in [0, 0.1) is 13.8 Å². The number of carbonyl (C=O) groups is 1. The van der Waals surface area contributed by atoms with Gasteiger partial charge < -0.3 is 10.2 Å². The van der Waals surface area contributed by atoms with Crippen molar-refractivity contribution in [2.75, 3.05) is 32.7 Å². The highest BCUT2D eigenvalue weighted by Crippen LogP contribution is 2.37. The molecule has 3 aromatic rings. The normalized spacial score (nSPS) is 16.7. The Hall–Kier alpha value is -3.70. The Balaban J connectivity index is 1.51. The predicted molar refractivity (Wildman–Crippen MR) is 152 cm³/mol. The molecule has 2 heterocycles. The van der Waals surface area contributed by atoms with Crippen LogP contribution in [0.15, 0.2) is 73.1 Å². The lowest BCUT2D eigenvalue weighted by Gasteiger charge is -2.41. The number of aromatic nitrogens is 1. The molecule has 43 heavy (non-hydrogen) atoms. The molecule has 0 spiro atoms. The fourth-order valence-electron chi connectivity index (χ4n) is 5.08. The average Bonchev–Trinajstić information content (AvgIpc) is 2.96. The van der Waals surface area contributed by atoms with Crippen molar-refractivity contribution in [3.8, 4) is 0 Å². The SMILES string of the molecule is Cc1ccc(C[C@@H]2CN(CC=CCNCc3cccnc3)CCN2C(=O)c2cc(C(F)(F)F)cc(C(F)(F)F)c2)cc1C. The van der Waals surface area contributed by atoms with Crippen LogP contribution in [-0.4, -0.2) is 59.5 Å². The summed E-state index contributed by atoms with van der Waals surface area (Å²) in [6, 6.07) is 10.3. The van der Waals surface area contributed by atoms with Gasteiger partial charge in [-0.1, -0.05) is 36.4 Å². The molecule has 2 aromatic carbocycles. The van der Waals surface area contributed by atoms with Gasteiger partial charge in [0.05, 0.1) is 11.1 Å². The highest BCUT2D eigenvalue weighted by atomic mass is 19.4. The average molecular weight is 605 g/mol. The van der Waals surface area contributed by atoms with Gasteiger partial charge in [0, 0.05) is 63.3 Å². The minimum atomic E-state index is -5.03. The van der Waals surface area contributed by atoms with Crippen molar-refractivity contribution in [2.45, 2.75) is 45.2 Å². The summed E-state index contributed by atoms with van der Waals surface area (Å²) in [4.78, 5) is 21.2. The number of alkyl halides is 6. The van der Waals surface area contributed by atoms with Gasteiger partial charge in [-0.2, -0.15) is 26.3 Å². The van der Waals surface area contributed by atoms with E-state index in [0.717, 1.165) is 22.3 Å². The van der Waals surface area contributed by atoms with Crippen LogP contribution < -0.4 is 5.32 Å². The van der Waals surface area contributed by atoms with Crippen molar-refractivity contribution >= 4 is 5.91 Å². The fourth-order valence-corrected chi connectivity index (χ4v) is 5.08. The van der Waals surface area contributed by atoms with E-state index < -0.39 is 41.0 Å². The molecule has 1 aliphatic rings. The largest absolute Gasteiger partial charge is 0.416 e. The minimum absolute atomic E-state index is 0.0409. The molecule has 0 aliphatic carbocycles. The van der Waals surface area contributed by atoms with Crippen LogP contribution in [0.2, 0.25) is 0 Å². The smallest absolute Gasteiger partial charge is 0.333 e. The predicted octanol–water partition coefficient (Wildman–Crippen LogP) is 6.45. The quantitative estimate of drug-likeness (QED) is 0.173. The van der Waals surface area contributed by atoms with E-state index in [4.69, 9.17) is 0 Å². The Kier molecular flexibility index (Phi) is 10.3. The van der Waals surface area contributed by atoms with Crippen LogP contribution in [-0.2, 0) is 25.3 Å². The van der Waals surface area contributed by atoms with Gasteiger partial charge in [0.15, 0.2) is 0 Å². The van der Waals surface area contributed by atoms with Crippen molar-refractivity contribution in [2.24, 2.45) is 0 Å². The number of halogens is 6. The second kappa shape index (κ2) is 13.7. The zero-order valence-corrected chi connectivity index (χ0v) is 24.0. The van der Waals surface area contributed by atoms with Crippen molar-refractivity contribution in [1.82, 2.24) is 20.1 Å². The summed E-state index contributed by atoms with van der Waals surface area (Å²) in [5, 5.41) is 3.30. The van der Waals surface area contributed by atoms with Crippen molar-refractivity contribution in [3.05, 3.63) is 112 Å². The van der Waals surface area contributed by atoms with Crippen LogP contribution in [0.5, 0.6) is 0 Å². The van der Waals surface area contributed by atoms with Gasteiger partial charge >= 0.3 is 12.4 Å². The van der Waals surface area contributed by atoms with Gasteiger partial charge in [0.25, 0.3) is 5.91 Å². The highest BCUT2D eigenvalue weighted by Gasteiger charge is 2.39. The molecule has 5 nitrogen and oxygen atoms in total. The molecule has 1 fully saturated rings. The first-order chi connectivity index (χ1) is 20.3. The molecule has 1 aromatic heterocycles. The molecule has 0 radical (unpaired) electrons. The van der Waals surface area contributed by atoms with E-state index in [0.29, 0.717) is 51.3 Å². The summed E-state index contributed by atoms with van der Waals surface area (Å²) >= 11 is 0. The zero-order valence-electron chi connectivity index (χ0n) is 24.0. The first-order valence-electron chi connectivity index (χ1n) is 13.9. The first kappa shape index (κ1) is 32.2. The molecule has 230 valence electrons. The number of hydrogen-bond donors (Lipinski definition) is 1. The summed E-state index contributed by atoms with van der Waals surface area (Å²) in [6.45, 7) is 6.83. The number of amides is 1. The number of aryl methyl sites for hydroxylation is 2. The molecule has 0 saturated carbocycles. The van der Waals surface area contributed by atoms with Crippen molar-refractivity contribution in [3.63, 3.8) is 0 Å². The number of carbonyl (C=O) groups excluding carboxylic acids is 1. The molecular formula is C32H34F6N4O. The monoisotopic (exact) mass is 604 g/mol. The van der Waals surface area contributed by atoms with E-state index in [1.54, 1.807) is 12.4 Å². The van der Waals surface area contributed by atoms with Gasteiger partial charge in [-0.15, -0.1) is 0 Å². The molecule has 11 heteroatoms. The molecule has 1 atom stereocenters. The Labute approximate surface area is 247 Å². The highest BCUT2D eigenvalue weighted by molar-refractivity contribution is 5.95. The third-order valence-corrected chi connectivity index (χ3v) is 7.55. The number of hydrogen-bond acceptors (Lipinski definition) is 4. The second-order valence-corrected chi connectivity index (χ2v) is 10.8. The molecule has 0 unspecified atom stereocenters. The standard InChI is InChI=1S/C32H34F6N4O/c1-22-7-8-24(14-23(22)2)15-29-21-41(11-4-3-9-39-19-25-6-5-10-40-20-25)12-13-42(29)30(43)26-16-27(31(33,34)35)18-28(17-26)32(36,37)38/h3-8,10,14,16-18,20,29,39H,9,11-13,15,19,21H2,1-2H3/t29-/m1/s1. The Morgan fingerprint density at radius 3 is 2.28 bits per heavy atom. The van der Waals surface area contributed by atoms with Crippen molar-refractivity contribution in [1.29, 1.82) is 0 Å². The van der Waals surface area contributed by atoms with Crippen LogP contribution >= 0.6 is 0 Å². The Morgan fingerprint density at radius 2 is 1.65 bits per heavy atom. The van der Waals surface area contributed by atoms with E-state index in [1.807, 2.05) is 56.3 Å². The Morgan fingerprint density at radius 1 is 0.930 bits per heavy atom. The van der Waals surface area contributed by atoms with E-state index in [-0.39, 0.29) is 12.6 Å². The van der Waals surface area contributed by atoms with Crippen molar-refractivity contribution < 1.29 is 31.1 Å². The minimum Gasteiger partial charge on any atom is -0.333 e. The first-order valence-corrected chi connectivity index (χ1v) is 13.9. The van der Waals surface area contributed by atoms with Gasteiger partial charge in [-0.05, 0) is 66.8 Å². The van der Waals surface area contributed by atoms with Gasteiger partial charge in [-0.3, -0.25) is 14.7 Å². The summed E-state index contributed by atoms with van der Waals surface area (Å²) in [5.74, 6) is -0.847. The lowest BCUT2D eigenvalue weighted by atomic mass is 9.97. The number of nitrogens with zero attached hydrogens (tertiary/aromatic N) is 3. The molecule has 4 rings (SSSR count). The van der Waals surface area contributed by atoms with E-state index in [1.165, 1.54) is 4.90 Å². The maximum Gasteiger partial charge on any atom is 0.416 e. The third-order valence-electron chi connectivity index (χ3n) is 7.55. The lowest BCUT2D eigenvalue weighted by Crippen LogP contribution is -2.56. The maximum absolute atomic E-state index is 13.6. The van der Waals surface area contributed by atoms with Gasteiger partial charge in [-0.25, -0.2) is 0 Å². The van der Waals surface area contributed by atoms with E-state index in [2.05, 4.69) is 15.2 Å². The van der Waals surface area contributed by atoms with E-state index >= 15 is 0 Å². The maximum atomic E-state index is 13.6. The third kappa shape index (κ3) is 8.90. The van der Waals surface area contributed by atoms with Gasteiger partial charge in [0.2, 0.25) is 0 Å². The second-order valence-electron chi connectivity index (χ2n) is 10.8. The number of pyridine rings is 1. The molecule has 1 amide bonds. The molecule has 1 saturated heterocycles. The number of rotatable bonds is 9.